The van der Waals surface area contributed by atoms with Crippen molar-refractivity contribution in [2.24, 2.45) is 5.92 Å². The van der Waals surface area contributed by atoms with Crippen LogP contribution in [0.5, 0.6) is 0 Å². The number of halogens is 3. The third-order valence-corrected chi connectivity index (χ3v) is 7.50. The molecule has 2 fully saturated rings. The van der Waals surface area contributed by atoms with E-state index < -0.39 is 27.8 Å². The Balaban J connectivity index is 1.77. The first kappa shape index (κ1) is 22.5. The van der Waals surface area contributed by atoms with Crippen LogP contribution in [0.3, 0.4) is 0 Å². The second kappa shape index (κ2) is 8.52. The van der Waals surface area contributed by atoms with Crippen LogP contribution in [0.1, 0.15) is 36.0 Å². The number of alkyl halides is 3. The zero-order chi connectivity index (χ0) is 22.1. The number of nitrogens with one attached hydrogen (secondary N) is 2. The van der Waals surface area contributed by atoms with Crippen LogP contribution >= 0.6 is 0 Å². The van der Waals surface area contributed by atoms with Gasteiger partial charge in [-0.3, -0.25) is 4.79 Å². The van der Waals surface area contributed by atoms with Crippen molar-refractivity contribution in [1.29, 1.82) is 0 Å². The minimum absolute atomic E-state index is 0.00518. The summed E-state index contributed by atoms with van der Waals surface area (Å²) < 4.78 is 62.1. The molecular formula is C19H27F3N4O3S. The molecule has 1 aliphatic heterocycles. The normalized spacial score (nSPS) is 24.3. The Labute approximate surface area is 174 Å². The Morgan fingerprint density at radius 2 is 1.73 bits per heavy atom. The Hall–Kier alpha value is -2.17. The van der Waals surface area contributed by atoms with Crippen molar-refractivity contribution in [1.82, 2.24) is 5.32 Å². The molecule has 0 atom stereocenters. The summed E-state index contributed by atoms with van der Waals surface area (Å²) in [6.07, 6.45) is -3.69. The van der Waals surface area contributed by atoms with E-state index in [2.05, 4.69) is 10.6 Å². The lowest BCUT2D eigenvalue weighted by molar-refractivity contribution is -0.182. The Bertz CT molecular complexity index is 883. The van der Waals surface area contributed by atoms with Gasteiger partial charge in [-0.05, 0) is 37.8 Å². The number of carbonyl (C=O) groups excluding carboxylic acids is 1. The molecule has 0 radical (unpaired) electrons. The van der Waals surface area contributed by atoms with Crippen LogP contribution in [-0.4, -0.2) is 58.2 Å². The first-order chi connectivity index (χ1) is 14.0. The molecule has 2 aliphatic rings. The molecule has 7 nitrogen and oxygen atoms in total. The van der Waals surface area contributed by atoms with E-state index in [0.717, 1.165) is 0 Å². The highest BCUT2D eigenvalue weighted by atomic mass is 32.2. The molecule has 4 N–H and O–H groups in total. The standard InChI is InChI=1S/C19H27F3N4O3S/c1-24-16-11-17(26-6-8-30(28,29)9-7-26)14(10-15(16)23)18(27)25-13-4-2-12(3-5-13)19(20,21)22/h10-13,24H,2-9,23H2,1H3,(H,25,27). The van der Waals surface area contributed by atoms with E-state index >= 15 is 0 Å². The predicted octanol–water partition coefficient (Wildman–Crippen LogP) is 2.40. The summed E-state index contributed by atoms with van der Waals surface area (Å²) in [5, 5.41) is 5.79. The van der Waals surface area contributed by atoms with E-state index in [9.17, 15) is 26.4 Å². The van der Waals surface area contributed by atoms with Gasteiger partial charge in [-0.25, -0.2) is 8.42 Å². The van der Waals surface area contributed by atoms with Gasteiger partial charge in [0, 0.05) is 26.2 Å². The first-order valence-corrected chi connectivity index (χ1v) is 11.8. The second-order valence-electron chi connectivity index (χ2n) is 7.91. The van der Waals surface area contributed by atoms with Gasteiger partial charge in [-0.1, -0.05) is 0 Å². The molecule has 1 amide bonds. The van der Waals surface area contributed by atoms with Gasteiger partial charge in [0.05, 0.1) is 40.0 Å². The maximum Gasteiger partial charge on any atom is 0.391 e. The van der Waals surface area contributed by atoms with Crippen LogP contribution in [0, 0.1) is 5.92 Å². The molecule has 1 saturated heterocycles. The van der Waals surface area contributed by atoms with Gasteiger partial charge in [-0.15, -0.1) is 0 Å². The maximum absolute atomic E-state index is 13.0. The van der Waals surface area contributed by atoms with Gasteiger partial charge in [-0.2, -0.15) is 13.2 Å². The van der Waals surface area contributed by atoms with Gasteiger partial charge in [0.2, 0.25) is 0 Å². The fraction of sp³-hybridized carbons (Fsp3) is 0.632. The number of nitrogens with two attached hydrogens (primary N) is 1. The largest absolute Gasteiger partial charge is 0.397 e. The van der Waals surface area contributed by atoms with Gasteiger partial charge < -0.3 is 21.3 Å². The van der Waals surface area contributed by atoms with Crippen LogP contribution < -0.4 is 21.3 Å². The van der Waals surface area contributed by atoms with Gasteiger partial charge >= 0.3 is 6.18 Å². The molecule has 0 unspecified atom stereocenters. The molecule has 1 aromatic rings. The highest BCUT2D eigenvalue weighted by Gasteiger charge is 2.41. The number of rotatable bonds is 4. The van der Waals surface area contributed by atoms with Crippen molar-refractivity contribution in [2.45, 2.75) is 37.9 Å². The number of hydrogen-bond donors (Lipinski definition) is 3. The highest BCUT2D eigenvalue weighted by molar-refractivity contribution is 7.91. The van der Waals surface area contributed by atoms with Crippen molar-refractivity contribution >= 4 is 32.8 Å². The fourth-order valence-corrected chi connectivity index (χ4v) is 5.25. The number of anilines is 3. The van der Waals surface area contributed by atoms with Gasteiger partial charge in [0.25, 0.3) is 5.91 Å². The van der Waals surface area contributed by atoms with Crippen molar-refractivity contribution in [3.63, 3.8) is 0 Å². The quantitative estimate of drug-likeness (QED) is 0.611. The second-order valence-corrected chi connectivity index (χ2v) is 10.2. The van der Waals surface area contributed by atoms with Gasteiger partial charge in [0.1, 0.15) is 0 Å². The number of nitrogens with zero attached hydrogens (tertiary/aromatic N) is 1. The summed E-state index contributed by atoms with van der Waals surface area (Å²) in [6.45, 7) is 0.513. The molecule has 0 spiro atoms. The average molecular weight is 449 g/mol. The molecule has 168 valence electrons. The van der Waals surface area contributed by atoms with Crippen molar-refractivity contribution in [2.75, 3.05) is 47.6 Å². The van der Waals surface area contributed by atoms with Crippen LogP contribution in [0.2, 0.25) is 0 Å². The Kier molecular flexibility index (Phi) is 6.40. The monoisotopic (exact) mass is 448 g/mol. The smallest absolute Gasteiger partial charge is 0.391 e. The van der Waals surface area contributed by atoms with Crippen molar-refractivity contribution in [3.8, 4) is 0 Å². The topological polar surface area (TPSA) is 105 Å². The van der Waals surface area contributed by atoms with Crippen molar-refractivity contribution < 1.29 is 26.4 Å². The number of amides is 1. The van der Waals surface area contributed by atoms with Crippen LogP contribution in [0.4, 0.5) is 30.2 Å². The Morgan fingerprint density at radius 1 is 1.13 bits per heavy atom. The summed E-state index contributed by atoms with van der Waals surface area (Å²) in [5.74, 6) is -1.74. The van der Waals surface area contributed by atoms with E-state index in [1.54, 1.807) is 13.1 Å². The molecule has 1 aromatic carbocycles. The number of benzene rings is 1. The molecule has 0 bridgehead atoms. The number of sulfone groups is 1. The van der Waals surface area contributed by atoms with Crippen LogP contribution in [0.25, 0.3) is 0 Å². The lowest BCUT2D eigenvalue weighted by Gasteiger charge is -2.32. The lowest BCUT2D eigenvalue weighted by Crippen LogP contribution is -2.43. The minimum Gasteiger partial charge on any atom is -0.397 e. The van der Waals surface area contributed by atoms with Crippen LogP contribution in [-0.2, 0) is 9.84 Å². The molecule has 0 aromatic heterocycles. The summed E-state index contributed by atoms with van der Waals surface area (Å²) >= 11 is 0. The number of carbonyl (C=O) groups is 1. The third kappa shape index (κ3) is 5.11. The summed E-state index contributed by atoms with van der Waals surface area (Å²) in [7, 11) is -1.41. The predicted molar refractivity (Wildman–Crippen MR) is 111 cm³/mol. The third-order valence-electron chi connectivity index (χ3n) is 5.89. The number of hydrogen-bond acceptors (Lipinski definition) is 6. The number of nitrogen functional groups attached to an aromatic ring is 1. The zero-order valence-electron chi connectivity index (χ0n) is 16.8. The van der Waals surface area contributed by atoms with Crippen LogP contribution in [0.15, 0.2) is 12.1 Å². The molecule has 30 heavy (non-hydrogen) atoms. The summed E-state index contributed by atoms with van der Waals surface area (Å²) in [5.41, 5.74) is 7.85. The van der Waals surface area contributed by atoms with E-state index in [-0.39, 0.29) is 56.3 Å². The van der Waals surface area contributed by atoms with E-state index in [4.69, 9.17) is 5.73 Å². The Morgan fingerprint density at radius 3 is 2.27 bits per heavy atom. The van der Waals surface area contributed by atoms with Gasteiger partial charge in [0.15, 0.2) is 9.84 Å². The maximum atomic E-state index is 13.0. The summed E-state index contributed by atoms with van der Waals surface area (Å²) in [6, 6.07) is 2.90. The molecule has 11 heteroatoms. The van der Waals surface area contributed by atoms with E-state index in [1.807, 2.05) is 4.90 Å². The van der Waals surface area contributed by atoms with Crippen molar-refractivity contribution in [3.05, 3.63) is 17.7 Å². The fourth-order valence-electron chi connectivity index (χ4n) is 4.05. The molecule has 1 saturated carbocycles. The lowest BCUT2D eigenvalue weighted by atomic mass is 9.85. The average Bonchev–Trinajstić information content (AvgIpc) is 2.67. The van der Waals surface area contributed by atoms with E-state index in [0.29, 0.717) is 22.6 Å². The minimum atomic E-state index is -4.20. The first-order valence-electron chi connectivity index (χ1n) is 9.94. The van der Waals surface area contributed by atoms with E-state index in [1.165, 1.54) is 6.07 Å². The molecule has 1 heterocycles. The molecular weight excluding hydrogens is 421 g/mol. The SMILES string of the molecule is CNc1cc(N2CCS(=O)(=O)CC2)c(C(=O)NC2CCC(C(F)(F)F)CC2)cc1N. The molecule has 1 aliphatic carbocycles. The summed E-state index contributed by atoms with van der Waals surface area (Å²) in [4.78, 5) is 14.8. The zero-order valence-corrected chi connectivity index (χ0v) is 17.6. The molecule has 3 rings (SSSR count). The highest BCUT2D eigenvalue weighted by Crippen LogP contribution is 2.38.